The van der Waals surface area contributed by atoms with Crippen LogP contribution in [0.1, 0.15) is 47.3 Å². The van der Waals surface area contributed by atoms with E-state index in [-0.39, 0.29) is 30.1 Å². The zero-order chi connectivity index (χ0) is 22.9. The summed E-state index contributed by atoms with van der Waals surface area (Å²) in [7, 11) is 0. The van der Waals surface area contributed by atoms with Crippen LogP contribution in [0.5, 0.6) is 0 Å². The van der Waals surface area contributed by atoms with Gasteiger partial charge < -0.3 is 15.5 Å². The molecule has 0 bridgehead atoms. The van der Waals surface area contributed by atoms with Crippen LogP contribution in [0.2, 0.25) is 0 Å². The highest BCUT2D eigenvalue weighted by Crippen LogP contribution is 2.29. The second-order valence-electron chi connectivity index (χ2n) is 8.64. The maximum atomic E-state index is 12.8. The lowest BCUT2D eigenvalue weighted by Crippen LogP contribution is -2.52. The molecule has 5 rings (SSSR count). The van der Waals surface area contributed by atoms with Crippen molar-refractivity contribution in [2.45, 2.75) is 44.8 Å². The Hall–Kier alpha value is -3.60. The molecule has 1 aromatic carbocycles. The standard InChI is InChI=1S/C22H25N7O4/c30-19-4-3-18(21(32)25-19)28-11-14-9-16(1-2-17(14)22(28)33)29-12-15(26-27-29)10-24-20(31)13-5-7-23-8-6-13/h1-2,9,12-13,18,23H,3-8,10-11H2,(H,24,31)(H,25,30,32). The molecule has 0 radical (unpaired) electrons. The molecule has 2 aromatic rings. The molecule has 1 atom stereocenters. The van der Waals surface area contributed by atoms with Gasteiger partial charge in [-0.05, 0) is 56.1 Å². The fourth-order valence-electron chi connectivity index (χ4n) is 4.62. The van der Waals surface area contributed by atoms with Crippen molar-refractivity contribution < 1.29 is 19.2 Å². The summed E-state index contributed by atoms with van der Waals surface area (Å²) >= 11 is 0. The van der Waals surface area contributed by atoms with Crippen LogP contribution in [0.25, 0.3) is 5.69 Å². The number of hydrogen-bond donors (Lipinski definition) is 3. The van der Waals surface area contributed by atoms with Crippen molar-refractivity contribution in [3.8, 4) is 5.69 Å². The van der Waals surface area contributed by atoms with Crippen LogP contribution in [0.3, 0.4) is 0 Å². The number of nitrogens with one attached hydrogen (secondary N) is 3. The van der Waals surface area contributed by atoms with Gasteiger partial charge in [0, 0.05) is 24.4 Å². The lowest BCUT2D eigenvalue weighted by Gasteiger charge is -2.29. The molecule has 1 unspecified atom stereocenters. The number of benzene rings is 1. The quantitative estimate of drug-likeness (QED) is 0.528. The summed E-state index contributed by atoms with van der Waals surface area (Å²) in [5, 5.41) is 16.8. The zero-order valence-corrected chi connectivity index (χ0v) is 18.0. The summed E-state index contributed by atoms with van der Waals surface area (Å²) in [6, 6.07) is 4.70. The third kappa shape index (κ3) is 4.23. The molecule has 4 amide bonds. The largest absolute Gasteiger partial charge is 0.350 e. The summed E-state index contributed by atoms with van der Waals surface area (Å²) in [5.74, 6) is -0.888. The van der Waals surface area contributed by atoms with Gasteiger partial charge in [0.2, 0.25) is 17.7 Å². The predicted octanol–water partition coefficient (Wildman–Crippen LogP) is -0.356. The number of imide groups is 1. The van der Waals surface area contributed by atoms with E-state index in [0.717, 1.165) is 37.2 Å². The van der Waals surface area contributed by atoms with E-state index in [2.05, 4.69) is 26.3 Å². The first-order chi connectivity index (χ1) is 16.0. The lowest BCUT2D eigenvalue weighted by atomic mass is 9.97. The van der Waals surface area contributed by atoms with Gasteiger partial charge in [-0.2, -0.15) is 0 Å². The predicted molar refractivity (Wildman–Crippen MR) is 115 cm³/mol. The topological polar surface area (TPSA) is 138 Å². The van der Waals surface area contributed by atoms with Crippen LogP contribution in [0.4, 0.5) is 0 Å². The lowest BCUT2D eigenvalue weighted by molar-refractivity contribution is -0.137. The molecule has 11 heteroatoms. The minimum atomic E-state index is -0.646. The minimum absolute atomic E-state index is 0.0304. The second kappa shape index (κ2) is 8.74. The Morgan fingerprint density at radius 1 is 1.15 bits per heavy atom. The fourth-order valence-corrected chi connectivity index (χ4v) is 4.62. The molecule has 33 heavy (non-hydrogen) atoms. The van der Waals surface area contributed by atoms with Crippen LogP contribution in [-0.2, 0) is 27.5 Å². The molecular formula is C22H25N7O4. The van der Waals surface area contributed by atoms with Gasteiger partial charge in [-0.3, -0.25) is 24.5 Å². The number of hydrogen-bond acceptors (Lipinski definition) is 7. The average Bonchev–Trinajstić information content (AvgIpc) is 3.43. The number of aromatic nitrogens is 3. The van der Waals surface area contributed by atoms with Gasteiger partial charge in [0.15, 0.2) is 0 Å². The average molecular weight is 451 g/mol. The highest BCUT2D eigenvalue weighted by Gasteiger charge is 2.39. The Balaban J connectivity index is 1.25. The number of carbonyl (C=O) groups is 4. The maximum absolute atomic E-state index is 12.8. The van der Waals surface area contributed by atoms with Gasteiger partial charge in [-0.25, -0.2) is 4.68 Å². The zero-order valence-electron chi connectivity index (χ0n) is 18.0. The summed E-state index contributed by atoms with van der Waals surface area (Å²) in [6.07, 6.45) is 3.97. The minimum Gasteiger partial charge on any atom is -0.350 e. The van der Waals surface area contributed by atoms with Gasteiger partial charge in [-0.15, -0.1) is 5.10 Å². The molecule has 0 spiro atoms. The summed E-state index contributed by atoms with van der Waals surface area (Å²) in [6.45, 7) is 2.31. The summed E-state index contributed by atoms with van der Waals surface area (Å²) < 4.78 is 1.60. The molecule has 3 N–H and O–H groups in total. The third-order valence-corrected chi connectivity index (χ3v) is 6.47. The van der Waals surface area contributed by atoms with Crippen LogP contribution >= 0.6 is 0 Å². The van der Waals surface area contributed by atoms with Crippen molar-refractivity contribution in [2.24, 2.45) is 5.92 Å². The van der Waals surface area contributed by atoms with E-state index in [1.807, 2.05) is 6.07 Å². The van der Waals surface area contributed by atoms with Gasteiger partial charge in [0.1, 0.15) is 11.7 Å². The van der Waals surface area contributed by atoms with E-state index in [1.54, 1.807) is 23.0 Å². The van der Waals surface area contributed by atoms with Crippen LogP contribution < -0.4 is 16.0 Å². The molecule has 1 aromatic heterocycles. The first-order valence-corrected chi connectivity index (χ1v) is 11.2. The molecule has 172 valence electrons. The van der Waals surface area contributed by atoms with Gasteiger partial charge in [0.05, 0.1) is 18.4 Å². The summed E-state index contributed by atoms with van der Waals surface area (Å²) in [5.41, 5.74) is 2.70. The number of nitrogens with zero attached hydrogens (tertiary/aromatic N) is 4. The van der Waals surface area contributed by atoms with Crippen LogP contribution in [0, 0.1) is 5.92 Å². The Morgan fingerprint density at radius 3 is 2.76 bits per heavy atom. The monoisotopic (exact) mass is 451 g/mol. The number of fused-ring (bicyclic) bond motifs is 1. The van der Waals surface area contributed by atoms with Crippen molar-refractivity contribution >= 4 is 23.6 Å². The van der Waals surface area contributed by atoms with Gasteiger partial charge in [-0.1, -0.05) is 5.21 Å². The fraction of sp³-hybridized carbons (Fsp3) is 0.455. The smallest absolute Gasteiger partial charge is 0.255 e. The van der Waals surface area contributed by atoms with E-state index in [9.17, 15) is 19.2 Å². The molecule has 2 fully saturated rings. The van der Waals surface area contributed by atoms with E-state index in [0.29, 0.717) is 30.8 Å². The summed E-state index contributed by atoms with van der Waals surface area (Å²) in [4.78, 5) is 50.3. The first-order valence-electron chi connectivity index (χ1n) is 11.2. The highest BCUT2D eigenvalue weighted by atomic mass is 16.2. The van der Waals surface area contributed by atoms with Crippen molar-refractivity contribution in [2.75, 3.05) is 13.1 Å². The molecular weight excluding hydrogens is 426 g/mol. The molecule has 3 aliphatic heterocycles. The molecule has 3 aliphatic rings. The van der Waals surface area contributed by atoms with Gasteiger partial charge in [0.25, 0.3) is 5.91 Å². The van der Waals surface area contributed by atoms with Crippen molar-refractivity contribution in [3.05, 3.63) is 41.2 Å². The Bertz CT molecular complexity index is 1120. The van der Waals surface area contributed by atoms with Crippen molar-refractivity contribution in [1.29, 1.82) is 0 Å². The van der Waals surface area contributed by atoms with Crippen LogP contribution in [-0.4, -0.2) is 62.7 Å². The van der Waals surface area contributed by atoms with E-state index in [4.69, 9.17) is 0 Å². The molecule has 0 saturated carbocycles. The third-order valence-electron chi connectivity index (χ3n) is 6.47. The van der Waals surface area contributed by atoms with E-state index >= 15 is 0 Å². The van der Waals surface area contributed by atoms with Crippen molar-refractivity contribution in [1.82, 2.24) is 35.8 Å². The van der Waals surface area contributed by atoms with E-state index in [1.165, 1.54) is 4.90 Å². The molecule has 4 heterocycles. The number of carbonyl (C=O) groups excluding carboxylic acids is 4. The van der Waals surface area contributed by atoms with Gasteiger partial charge >= 0.3 is 0 Å². The maximum Gasteiger partial charge on any atom is 0.255 e. The normalized spacial score (nSPS) is 21.2. The molecule has 2 saturated heterocycles. The number of rotatable bonds is 5. The number of piperidine rings is 2. The molecule has 0 aliphatic carbocycles. The number of amides is 4. The van der Waals surface area contributed by atoms with Crippen molar-refractivity contribution in [3.63, 3.8) is 0 Å². The van der Waals surface area contributed by atoms with Crippen LogP contribution in [0.15, 0.2) is 24.4 Å². The SMILES string of the molecule is O=C1CCC(N2Cc3cc(-n4cc(CNC(=O)C5CCNCC5)nn4)ccc3C2=O)C(=O)N1. The Kier molecular flexibility index (Phi) is 5.63. The Morgan fingerprint density at radius 2 is 1.97 bits per heavy atom. The van der Waals surface area contributed by atoms with E-state index < -0.39 is 11.9 Å². The molecule has 11 nitrogen and oxygen atoms in total. The highest BCUT2D eigenvalue weighted by molar-refractivity contribution is 6.05. The Labute approximate surface area is 189 Å². The first kappa shape index (κ1) is 21.3. The second-order valence-corrected chi connectivity index (χ2v) is 8.64.